The third-order valence-corrected chi connectivity index (χ3v) is 1.98. The van der Waals surface area contributed by atoms with Crippen LogP contribution >= 0.6 is 0 Å². The highest BCUT2D eigenvalue weighted by Crippen LogP contribution is 2.09. The molecule has 0 unspecified atom stereocenters. The molecule has 0 fully saturated rings. The number of hydrogen-bond donors (Lipinski definition) is 2. The van der Waals surface area contributed by atoms with E-state index in [1.54, 1.807) is 6.92 Å². The number of carboxylic acid groups (broad SMARTS) is 1. The Morgan fingerprint density at radius 1 is 1.61 bits per heavy atom. The molecule has 0 aliphatic rings. The number of ether oxygens (including phenoxy) is 1. The number of nitrogens with zero attached hydrogens (tertiary/aromatic N) is 2. The van der Waals surface area contributed by atoms with Crippen LogP contribution in [-0.4, -0.2) is 33.7 Å². The highest BCUT2D eigenvalue weighted by molar-refractivity contribution is 5.89. The maximum absolute atomic E-state index is 11.2. The van der Waals surface area contributed by atoms with E-state index in [1.165, 1.54) is 6.08 Å². The van der Waals surface area contributed by atoms with Crippen molar-refractivity contribution in [2.45, 2.75) is 13.3 Å². The molecule has 7 nitrogen and oxygen atoms in total. The van der Waals surface area contributed by atoms with E-state index in [0.29, 0.717) is 12.1 Å². The molecule has 7 heteroatoms. The van der Waals surface area contributed by atoms with Gasteiger partial charge in [0, 0.05) is 6.20 Å². The summed E-state index contributed by atoms with van der Waals surface area (Å²) in [5, 5.41) is 11.2. The molecule has 0 saturated carbocycles. The summed E-state index contributed by atoms with van der Waals surface area (Å²) in [4.78, 5) is 29.7. The van der Waals surface area contributed by atoms with Crippen LogP contribution in [0.4, 0.5) is 10.7 Å². The monoisotopic (exact) mass is 251 g/mol. The summed E-state index contributed by atoms with van der Waals surface area (Å²) in [6.07, 6.45) is 2.27. The van der Waals surface area contributed by atoms with Gasteiger partial charge in [0.05, 0.1) is 11.3 Å². The normalized spacial score (nSPS) is 9.61. The fourth-order valence-electron chi connectivity index (χ4n) is 1.19. The van der Waals surface area contributed by atoms with E-state index in [0.717, 1.165) is 6.20 Å². The topological polar surface area (TPSA) is 101 Å². The van der Waals surface area contributed by atoms with Crippen LogP contribution in [0.1, 0.15) is 23.0 Å². The smallest absolute Gasteiger partial charge is 0.414 e. The van der Waals surface area contributed by atoms with Crippen LogP contribution in [0.2, 0.25) is 0 Å². The first-order valence-corrected chi connectivity index (χ1v) is 5.22. The molecule has 0 spiro atoms. The molecule has 1 aromatic heterocycles. The fraction of sp³-hybridized carbons (Fsp3) is 0.273. The van der Waals surface area contributed by atoms with Crippen molar-refractivity contribution in [3.05, 3.63) is 30.1 Å². The van der Waals surface area contributed by atoms with Crippen molar-refractivity contribution in [1.29, 1.82) is 0 Å². The lowest BCUT2D eigenvalue weighted by molar-refractivity contribution is 0.0694. The molecule has 1 amide bonds. The average Bonchev–Trinajstić information content (AvgIpc) is 2.35. The van der Waals surface area contributed by atoms with Gasteiger partial charge in [0.1, 0.15) is 6.61 Å². The zero-order valence-corrected chi connectivity index (χ0v) is 9.84. The third-order valence-electron chi connectivity index (χ3n) is 1.98. The Morgan fingerprint density at radius 3 is 2.89 bits per heavy atom. The van der Waals surface area contributed by atoms with Gasteiger partial charge in [-0.25, -0.2) is 19.6 Å². The van der Waals surface area contributed by atoms with Gasteiger partial charge in [-0.2, -0.15) is 0 Å². The van der Waals surface area contributed by atoms with Crippen molar-refractivity contribution >= 4 is 18.0 Å². The Labute approximate surface area is 104 Å². The Kier molecular flexibility index (Phi) is 4.79. The molecular formula is C11H13N3O4. The van der Waals surface area contributed by atoms with Gasteiger partial charge in [0.15, 0.2) is 0 Å². The molecule has 0 aromatic carbocycles. The van der Waals surface area contributed by atoms with Gasteiger partial charge in [-0.1, -0.05) is 19.6 Å². The number of aryl methyl sites for hydroxylation is 1. The van der Waals surface area contributed by atoms with Crippen molar-refractivity contribution in [2.75, 3.05) is 11.9 Å². The molecular weight excluding hydrogens is 238 g/mol. The maximum Gasteiger partial charge on any atom is 0.414 e. The number of nitrogens with one attached hydrogen (secondary N) is 1. The summed E-state index contributed by atoms with van der Waals surface area (Å²) in [6, 6.07) is 0. The Balaban J connectivity index is 2.82. The SMILES string of the molecule is C=CCOC(=O)Nc1ncc(C(=O)O)c(CC)n1. The highest BCUT2D eigenvalue weighted by atomic mass is 16.5. The summed E-state index contributed by atoms with van der Waals surface area (Å²) in [5.74, 6) is -1.10. The van der Waals surface area contributed by atoms with Crippen LogP contribution in [-0.2, 0) is 11.2 Å². The summed E-state index contributed by atoms with van der Waals surface area (Å²) >= 11 is 0. The van der Waals surface area contributed by atoms with Crippen LogP contribution in [0.5, 0.6) is 0 Å². The first kappa shape index (κ1) is 13.6. The second-order valence-electron chi connectivity index (χ2n) is 3.22. The standard InChI is InChI=1S/C11H13N3O4/c1-3-5-18-11(17)14-10-12-6-7(9(15)16)8(4-2)13-10/h3,6H,1,4-5H2,2H3,(H,15,16)(H,12,13,14,17). The first-order valence-electron chi connectivity index (χ1n) is 5.22. The number of hydrogen-bond acceptors (Lipinski definition) is 5. The number of carbonyl (C=O) groups is 2. The van der Waals surface area contributed by atoms with Gasteiger partial charge in [0.2, 0.25) is 5.95 Å². The van der Waals surface area contributed by atoms with E-state index in [1.807, 2.05) is 0 Å². The van der Waals surface area contributed by atoms with Gasteiger partial charge >= 0.3 is 12.1 Å². The van der Waals surface area contributed by atoms with Gasteiger partial charge in [-0.05, 0) is 6.42 Å². The lowest BCUT2D eigenvalue weighted by Gasteiger charge is -2.06. The quantitative estimate of drug-likeness (QED) is 0.768. The van der Waals surface area contributed by atoms with Crippen molar-refractivity contribution in [3.63, 3.8) is 0 Å². The predicted molar refractivity (Wildman–Crippen MR) is 63.5 cm³/mol. The van der Waals surface area contributed by atoms with E-state index in [9.17, 15) is 9.59 Å². The number of aromatic nitrogens is 2. The van der Waals surface area contributed by atoms with Gasteiger partial charge < -0.3 is 9.84 Å². The van der Waals surface area contributed by atoms with Crippen molar-refractivity contribution < 1.29 is 19.4 Å². The highest BCUT2D eigenvalue weighted by Gasteiger charge is 2.13. The predicted octanol–water partition coefficient (Wildman–Crippen LogP) is 1.47. The van der Waals surface area contributed by atoms with Crippen LogP contribution in [0.3, 0.4) is 0 Å². The second kappa shape index (κ2) is 6.33. The lowest BCUT2D eigenvalue weighted by Crippen LogP contribution is -2.17. The molecule has 0 bridgehead atoms. The Morgan fingerprint density at radius 2 is 2.33 bits per heavy atom. The van der Waals surface area contributed by atoms with Gasteiger partial charge in [-0.3, -0.25) is 5.32 Å². The zero-order valence-electron chi connectivity index (χ0n) is 9.84. The Bertz CT molecular complexity index is 473. The molecule has 1 heterocycles. The molecule has 96 valence electrons. The van der Waals surface area contributed by atoms with Crippen LogP contribution < -0.4 is 5.32 Å². The lowest BCUT2D eigenvalue weighted by atomic mass is 10.2. The zero-order chi connectivity index (χ0) is 13.5. The Hall–Kier alpha value is -2.44. The average molecular weight is 251 g/mol. The number of carboxylic acids is 1. The van der Waals surface area contributed by atoms with Crippen LogP contribution in [0.15, 0.2) is 18.9 Å². The maximum atomic E-state index is 11.2. The molecule has 2 N–H and O–H groups in total. The van der Waals surface area contributed by atoms with Crippen molar-refractivity contribution in [1.82, 2.24) is 9.97 Å². The minimum Gasteiger partial charge on any atom is -0.478 e. The minimum absolute atomic E-state index is 0.00547. The van der Waals surface area contributed by atoms with Crippen molar-refractivity contribution in [3.8, 4) is 0 Å². The molecule has 0 aliphatic carbocycles. The van der Waals surface area contributed by atoms with E-state index >= 15 is 0 Å². The molecule has 0 atom stereocenters. The van der Waals surface area contributed by atoms with E-state index in [-0.39, 0.29) is 18.1 Å². The third kappa shape index (κ3) is 3.55. The van der Waals surface area contributed by atoms with Crippen molar-refractivity contribution in [2.24, 2.45) is 0 Å². The summed E-state index contributed by atoms with van der Waals surface area (Å²) in [5.41, 5.74) is 0.360. The molecule has 1 rings (SSSR count). The van der Waals surface area contributed by atoms with E-state index in [4.69, 9.17) is 5.11 Å². The minimum atomic E-state index is -1.10. The summed E-state index contributed by atoms with van der Waals surface area (Å²) in [7, 11) is 0. The molecule has 0 aliphatic heterocycles. The summed E-state index contributed by atoms with van der Waals surface area (Å²) in [6.45, 7) is 5.22. The number of rotatable bonds is 5. The van der Waals surface area contributed by atoms with Gasteiger partial charge in [0.25, 0.3) is 0 Å². The fourth-order valence-corrected chi connectivity index (χ4v) is 1.19. The first-order chi connectivity index (χ1) is 8.58. The number of anilines is 1. The molecule has 0 saturated heterocycles. The number of amides is 1. The number of carbonyl (C=O) groups excluding carboxylic acids is 1. The number of aromatic carboxylic acids is 1. The van der Waals surface area contributed by atoms with Gasteiger partial charge in [-0.15, -0.1) is 0 Å². The molecule has 0 radical (unpaired) electrons. The van der Waals surface area contributed by atoms with E-state index in [2.05, 4.69) is 26.6 Å². The van der Waals surface area contributed by atoms with Crippen LogP contribution in [0.25, 0.3) is 0 Å². The van der Waals surface area contributed by atoms with Crippen LogP contribution in [0, 0.1) is 0 Å². The largest absolute Gasteiger partial charge is 0.478 e. The molecule has 1 aromatic rings. The molecule has 18 heavy (non-hydrogen) atoms. The van der Waals surface area contributed by atoms with E-state index < -0.39 is 12.1 Å². The summed E-state index contributed by atoms with van der Waals surface area (Å²) < 4.78 is 4.68. The second-order valence-corrected chi connectivity index (χ2v) is 3.22.